The summed E-state index contributed by atoms with van der Waals surface area (Å²) in [4.78, 5) is 10.4. The molecule has 1 aromatic carbocycles. The fraction of sp³-hybridized carbons (Fsp3) is 0.100. The first kappa shape index (κ1) is 10.9. The summed E-state index contributed by atoms with van der Waals surface area (Å²) in [5.41, 5.74) is 1.14. The fourth-order valence-electron chi connectivity index (χ4n) is 1.27. The van der Waals surface area contributed by atoms with Gasteiger partial charge in [-0.2, -0.15) is 0 Å². The number of benzene rings is 1. The van der Waals surface area contributed by atoms with Crippen LogP contribution in [0.5, 0.6) is 0 Å². The van der Waals surface area contributed by atoms with Gasteiger partial charge in [-0.05, 0) is 17.7 Å². The number of carbonyl (C=O) groups excluding carboxylic acids is 1. The molecule has 0 unspecified atom stereocenters. The molecule has 0 saturated carbocycles. The number of rotatable bonds is 3. The van der Waals surface area contributed by atoms with Crippen LogP contribution in [0.4, 0.5) is 4.39 Å². The number of aromatic nitrogens is 3. The van der Waals surface area contributed by atoms with Crippen LogP contribution < -0.4 is 0 Å². The molecule has 0 radical (unpaired) electrons. The first-order chi connectivity index (χ1) is 7.69. The molecule has 1 heterocycles. The molecule has 0 spiro atoms. The average molecular weight is 284 g/mol. The number of hydrogen-bond donors (Lipinski definition) is 0. The van der Waals surface area contributed by atoms with Crippen molar-refractivity contribution in [2.24, 2.45) is 0 Å². The van der Waals surface area contributed by atoms with E-state index >= 15 is 0 Å². The van der Waals surface area contributed by atoms with Gasteiger partial charge in [-0.25, -0.2) is 9.07 Å². The van der Waals surface area contributed by atoms with Crippen molar-refractivity contribution in [1.82, 2.24) is 15.0 Å². The molecule has 0 aliphatic carbocycles. The minimum Gasteiger partial charge on any atom is -0.296 e. The van der Waals surface area contributed by atoms with E-state index in [4.69, 9.17) is 0 Å². The van der Waals surface area contributed by atoms with E-state index in [9.17, 15) is 9.18 Å². The Hall–Kier alpha value is -1.56. The van der Waals surface area contributed by atoms with Crippen LogP contribution in [-0.2, 0) is 6.54 Å². The van der Waals surface area contributed by atoms with Crippen LogP contribution in [0.2, 0.25) is 0 Å². The van der Waals surface area contributed by atoms with Crippen LogP contribution in [0, 0.1) is 5.82 Å². The molecule has 0 fully saturated rings. The summed E-state index contributed by atoms with van der Waals surface area (Å²) in [6.45, 7) is 0.432. The molecule has 4 nitrogen and oxygen atoms in total. The van der Waals surface area contributed by atoms with Crippen molar-refractivity contribution < 1.29 is 9.18 Å². The van der Waals surface area contributed by atoms with E-state index in [1.807, 2.05) is 0 Å². The monoisotopic (exact) mass is 283 g/mol. The van der Waals surface area contributed by atoms with E-state index in [-0.39, 0.29) is 11.5 Å². The molecular weight excluding hydrogens is 277 g/mol. The molecule has 6 heteroatoms. The van der Waals surface area contributed by atoms with Crippen molar-refractivity contribution in [3.63, 3.8) is 0 Å². The average Bonchev–Trinajstić information content (AvgIpc) is 2.70. The van der Waals surface area contributed by atoms with Crippen molar-refractivity contribution in [2.45, 2.75) is 6.54 Å². The fourth-order valence-corrected chi connectivity index (χ4v) is 1.75. The van der Waals surface area contributed by atoms with Gasteiger partial charge in [-0.15, -0.1) is 5.10 Å². The standard InChI is InChI=1S/C10H7BrFN3O/c11-10-3-8(12)2-1-7(10)4-15-5-9(6-16)13-14-15/h1-3,5-6H,4H2. The van der Waals surface area contributed by atoms with Crippen molar-refractivity contribution in [3.8, 4) is 0 Å². The zero-order valence-corrected chi connectivity index (χ0v) is 9.69. The second-order valence-corrected chi connectivity index (χ2v) is 4.05. The Morgan fingerprint density at radius 2 is 2.31 bits per heavy atom. The van der Waals surface area contributed by atoms with Crippen LogP contribution in [0.1, 0.15) is 16.1 Å². The minimum atomic E-state index is -0.303. The highest BCUT2D eigenvalue weighted by molar-refractivity contribution is 9.10. The van der Waals surface area contributed by atoms with E-state index in [2.05, 4.69) is 26.2 Å². The van der Waals surface area contributed by atoms with Gasteiger partial charge in [0.25, 0.3) is 0 Å². The highest BCUT2D eigenvalue weighted by Crippen LogP contribution is 2.18. The SMILES string of the molecule is O=Cc1cn(Cc2ccc(F)cc2Br)nn1. The van der Waals surface area contributed by atoms with Gasteiger partial charge in [0, 0.05) is 4.47 Å². The number of carbonyl (C=O) groups is 1. The van der Waals surface area contributed by atoms with Gasteiger partial charge in [0.2, 0.25) is 0 Å². The lowest BCUT2D eigenvalue weighted by Gasteiger charge is -2.03. The van der Waals surface area contributed by atoms with Gasteiger partial charge in [0.1, 0.15) is 11.5 Å². The van der Waals surface area contributed by atoms with E-state index in [0.717, 1.165) is 5.56 Å². The number of aldehydes is 1. The summed E-state index contributed by atoms with van der Waals surface area (Å²) in [7, 11) is 0. The third-order valence-corrected chi connectivity index (χ3v) is 2.76. The van der Waals surface area contributed by atoms with Crippen molar-refractivity contribution in [3.05, 3.63) is 45.9 Å². The van der Waals surface area contributed by atoms with Gasteiger partial charge in [-0.1, -0.05) is 27.2 Å². The Morgan fingerprint density at radius 3 is 2.94 bits per heavy atom. The summed E-state index contributed by atoms with van der Waals surface area (Å²) in [5.74, 6) is -0.303. The molecule has 82 valence electrons. The molecule has 2 rings (SSSR count). The highest BCUT2D eigenvalue weighted by atomic mass is 79.9. The van der Waals surface area contributed by atoms with Crippen LogP contribution in [0.15, 0.2) is 28.9 Å². The second-order valence-electron chi connectivity index (χ2n) is 3.19. The molecule has 2 aromatic rings. The van der Waals surface area contributed by atoms with Crippen LogP contribution in [-0.4, -0.2) is 21.3 Å². The first-order valence-electron chi connectivity index (χ1n) is 4.48. The summed E-state index contributed by atoms with van der Waals surface area (Å²) < 4.78 is 15.0. The van der Waals surface area contributed by atoms with Gasteiger partial charge in [-0.3, -0.25) is 4.79 Å². The largest absolute Gasteiger partial charge is 0.296 e. The third kappa shape index (κ3) is 2.33. The maximum atomic E-state index is 12.8. The third-order valence-electron chi connectivity index (χ3n) is 2.02. The van der Waals surface area contributed by atoms with Gasteiger partial charge < -0.3 is 0 Å². The molecule has 0 atom stereocenters. The van der Waals surface area contributed by atoms with Crippen molar-refractivity contribution in [1.29, 1.82) is 0 Å². The predicted octanol–water partition coefficient (Wildman–Crippen LogP) is 2.04. The second kappa shape index (κ2) is 4.52. The lowest BCUT2D eigenvalue weighted by atomic mass is 10.2. The number of hydrogen-bond acceptors (Lipinski definition) is 3. The number of halogens is 2. The lowest BCUT2D eigenvalue weighted by Crippen LogP contribution is -2.01. The summed E-state index contributed by atoms with van der Waals surface area (Å²) in [6.07, 6.45) is 2.16. The normalized spacial score (nSPS) is 10.4. The van der Waals surface area contributed by atoms with Crippen molar-refractivity contribution >= 4 is 22.2 Å². The summed E-state index contributed by atoms with van der Waals surface area (Å²) >= 11 is 3.26. The summed E-state index contributed by atoms with van der Waals surface area (Å²) in [6, 6.07) is 4.41. The zero-order chi connectivity index (χ0) is 11.5. The van der Waals surface area contributed by atoms with Crippen LogP contribution in [0.25, 0.3) is 0 Å². The Morgan fingerprint density at radius 1 is 1.50 bits per heavy atom. The van der Waals surface area contributed by atoms with E-state index in [0.29, 0.717) is 17.3 Å². The first-order valence-corrected chi connectivity index (χ1v) is 5.27. The van der Waals surface area contributed by atoms with E-state index < -0.39 is 0 Å². The van der Waals surface area contributed by atoms with E-state index in [1.165, 1.54) is 23.0 Å². The lowest BCUT2D eigenvalue weighted by molar-refractivity contribution is 0.111. The minimum absolute atomic E-state index is 0.276. The molecule has 1 aromatic heterocycles. The molecular formula is C10H7BrFN3O. The van der Waals surface area contributed by atoms with Crippen LogP contribution >= 0.6 is 15.9 Å². The molecule has 16 heavy (non-hydrogen) atoms. The smallest absolute Gasteiger partial charge is 0.171 e. The van der Waals surface area contributed by atoms with Crippen molar-refractivity contribution in [2.75, 3.05) is 0 Å². The Kier molecular flexibility index (Phi) is 3.09. The van der Waals surface area contributed by atoms with E-state index in [1.54, 1.807) is 6.07 Å². The maximum Gasteiger partial charge on any atom is 0.171 e. The van der Waals surface area contributed by atoms with Crippen LogP contribution in [0.3, 0.4) is 0 Å². The topological polar surface area (TPSA) is 47.8 Å². The predicted molar refractivity (Wildman–Crippen MR) is 58.6 cm³/mol. The maximum absolute atomic E-state index is 12.8. The molecule has 0 N–H and O–H groups in total. The highest BCUT2D eigenvalue weighted by Gasteiger charge is 2.04. The summed E-state index contributed by atoms with van der Waals surface area (Å²) in [5, 5.41) is 7.40. The van der Waals surface area contributed by atoms with Gasteiger partial charge in [0.15, 0.2) is 6.29 Å². The Bertz CT molecular complexity index is 527. The molecule has 0 aliphatic rings. The van der Waals surface area contributed by atoms with Gasteiger partial charge in [0.05, 0.1) is 12.7 Å². The molecule has 0 bridgehead atoms. The molecule has 0 amide bonds. The number of nitrogens with zero attached hydrogens (tertiary/aromatic N) is 3. The molecule has 0 saturated heterocycles. The Labute approximate surface area is 99.2 Å². The van der Waals surface area contributed by atoms with Gasteiger partial charge >= 0.3 is 0 Å². The Balaban J connectivity index is 2.23. The molecule has 0 aliphatic heterocycles. The zero-order valence-electron chi connectivity index (χ0n) is 8.10. The quantitative estimate of drug-likeness (QED) is 0.810.